The number of methoxy groups -OCH3 is 1. The minimum absolute atomic E-state index is 0.000311. The van der Waals surface area contributed by atoms with Crippen LogP contribution in [0.5, 0.6) is 5.88 Å². The standard InChI is InChI=1S/C23H18ClN7O/c1-32-19-9-4-15(13-28-19)17-7-8-18-22(29-17)31(16-5-2-14(12-24)3-6-16)23(30-18)20-21(25)27-11-10-26-20/h2-11,13H,12H2,1H3,(H2,25,27)/i1D3. The number of hydrogen-bond acceptors (Lipinski definition) is 7. The molecule has 0 aliphatic carbocycles. The summed E-state index contributed by atoms with van der Waals surface area (Å²) in [6, 6.07) is 14.5. The molecule has 32 heavy (non-hydrogen) atoms. The number of fused-ring (bicyclic) bond motifs is 1. The molecule has 5 aromatic rings. The van der Waals surface area contributed by atoms with Gasteiger partial charge in [-0.3, -0.25) is 4.57 Å². The SMILES string of the molecule is [2H]C([2H])([2H])Oc1ccc(-c2ccc3nc(-c4nccnc4N)n(-c4ccc(CCl)cc4)c3n2)cn1. The van der Waals surface area contributed by atoms with E-state index in [2.05, 4.69) is 15.0 Å². The summed E-state index contributed by atoms with van der Waals surface area (Å²) in [5.41, 5.74) is 10.8. The van der Waals surface area contributed by atoms with Gasteiger partial charge in [-0.1, -0.05) is 12.1 Å². The lowest BCUT2D eigenvalue weighted by atomic mass is 10.2. The van der Waals surface area contributed by atoms with Crippen molar-refractivity contribution in [2.24, 2.45) is 0 Å². The predicted molar refractivity (Wildman–Crippen MR) is 124 cm³/mol. The Hall–Kier alpha value is -4.04. The Labute approximate surface area is 193 Å². The van der Waals surface area contributed by atoms with Gasteiger partial charge in [-0.05, 0) is 35.9 Å². The summed E-state index contributed by atoms with van der Waals surface area (Å²) < 4.78 is 28.4. The van der Waals surface area contributed by atoms with Gasteiger partial charge in [-0.15, -0.1) is 11.6 Å². The zero-order valence-corrected chi connectivity index (χ0v) is 17.4. The number of alkyl halides is 1. The molecule has 2 N–H and O–H groups in total. The van der Waals surface area contributed by atoms with Crippen LogP contribution in [0.2, 0.25) is 0 Å². The van der Waals surface area contributed by atoms with Gasteiger partial charge >= 0.3 is 0 Å². The van der Waals surface area contributed by atoms with Crippen molar-refractivity contribution in [2.75, 3.05) is 12.8 Å². The first-order valence-electron chi connectivity index (χ1n) is 11.1. The van der Waals surface area contributed by atoms with Gasteiger partial charge < -0.3 is 10.5 Å². The number of anilines is 1. The van der Waals surface area contributed by atoms with Crippen molar-refractivity contribution in [2.45, 2.75) is 5.88 Å². The topological polar surface area (TPSA) is 105 Å². The molecule has 1 aromatic carbocycles. The number of halogens is 1. The third-order valence-corrected chi connectivity index (χ3v) is 5.24. The molecule has 0 spiro atoms. The largest absolute Gasteiger partial charge is 0.481 e. The Balaban J connectivity index is 1.66. The van der Waals surface area contributed by atoms with Crippen LogP contribution in [-0.4, -0.2) is 36.5 Å². The molecule has 0 bridgehead atoms. The Bertz CT molecular complexity index is 1500. The lowest BCUT2D eigenvalue weighted by molar-refractivity contribution is 0.398. The zero-order valence-electron chi connectivity index (χ0n) is 19.6. The zero-order chi connectivity index (χ0) is 24.6. The number of benzene rings is 1. The maximum Gasteiger partial charge on any atom is 0.212 e. The lowest BCUT2D eigenvalue weighted by Gasteiger charge is -2.10. The van der Waals surface area contributed by atoms with Crippen LogP contribution in [0.15, 0.2) is 67.1 Å². The van der Waals surface area contributed by atoms with Crippen LogP contribution in [0, 0.1) is 0 Å². The van der Waals surface area contributed by atoms with Crippen LogP contribution in [0.1, 0.15) is 9.68 Å². The number of nitrogens with zero attached hydrogens (tertiary/aromatic N) is 6. The first-order valence-corrected chi connectivity index (χ1v) is 10.1. The molecule has 0 fully saturated rings. The highest BCUT2D eigenvalue weighted by atomic mass is 35.5. The summed E-state index contributed by atoms with van der Waals surface area (Å²) in [6.45, 7) is 0. The van der Waals surface area contributed by atoms with Crippen LogP contribution in [0.25, 0.3) is 39.6 Å². The van der Waals surface area contributed by atoms with E-state index >= 15 is 0 Å². The molecule has 0 radical (unpaired) electrons. The molecule has 0 aliphatic rings. The van der Waals surface area contributed by atoms with E-state index in [1.165, 1.54) is 18.5 Å². The highest BCUT2D eigenvalue weighted by Crippen LogP contribution is 2.30. The number of nitrogen functional groups attached to an aromatic ring is 1. The highest BCUT2D eigenvalue weighted by Gasteiger charge is 2.19. The van der Waals surface area contributed by atoms with Gasteiger partial charge in [0.05, 0.1) is 16.8 Å². The van der Waals surface area contributed by atoms with Gasteiger partial charge in [0.1, 0.15) is 11.2 Å². The van der Waals surface area contributed by atoms with Crippen molar-refractivity contribution < 1.29 is 8.85 Å². The molecule has 158 valence electrons. The van der Waals surface area contributed by atoms with Crippen LogP contribution in [0.4, 0.5) is 5.82 Å². The van der Waals surface area contributed by atoms with E-state index in [1.54, 1.807) is 18.3 Å². The van der Waals surface area contributed by atoms with Gasteiger partial charge in [-0.2, -0.15) is 0 Å². The average molecular weight is 447 g/mol. The van der Waals surface area contributed by atoms with E-state index in [-0.39, 0.29) is 11.7 Å². The third-order valence-electron chi connectivity index (χ3n) is 4.93. The fourth-order valence-corrected chi connectivity index (χ4v) is 3.55. The second kappa shape index (κ2) is 8.24. The first kappa shape index (κ1) is 16.6. The molecule has 8 nitrogen and oxygen atoms in total. The van der Waals surface area contributed by atoms with E-state index < -0.39 is 7.04 Å². The van der Waals surface area contributed by atoms with Crippen LogP contribution in [0.3, 0.4) is 0 Å². The molecular weight excluding hydrogens is 426 g/mol. The number of imidazole rings is 1. The summed E-state index contributed by atoms with van der Waals surface area (Å²) in [5.74, 6) is 1.13. The molecule has 0 unspecified atom stereocenters. The van der Waals surface area contributed by atoms with Crippen molar-refractivity contribution in [3.8, 4) is 34.3 Å². The number of rotatable bonds is 5. The van der Waals surface area contributed by atoms with E-state index in [0.29, 0.717) is 39.8 Å². The van der Waals surface area contributed by atoms with Gasteiger partial charge in [0, 0.05) is 41.8 Å². The summed E-state index contributed by atoms with van der Waals surface area (Å²) in [4.78, 5) is 22.2. The van der Waals surface area contributed by atoms with Crippen LogP contribution < -0.4 is 10.5 Å². The smallest absolute Gasteiger partial charge is 0.212 e. The van der Waals surface area contributed by atoms with Crippen molar-refractivity contribution >= 4 is 28.6 Å². The number of hydrogen-bond donors (Lipinski definition) is 1. The fraction of sp³-hybridized carbons (Fsp3) is 0.0870. The van der Waals surface area contributed by atoms with Crippen molar-refractivity contribution in [1.82, 2.24) is 29.5 Å². The number of pyridine rings is 2. The predicted octanol–water partition coefficient (Wildman–Crippen LogP) is 4.27. The minimum atomic E-state index is -2.57. The van der Waals surface area contributed by atoms with Crippen LogP contribution in [-0.2, 0) is 5.88 Å². The summed E-state index contributed by atoms with van der Waals surface area (Å²) >= 11 is 5.97. The molecule has 0 amide bonds. The first-order chi connectivity index (χ1) is 16.8. The highest BCUT2D eigenvalue weighted by molar-refractivity contribution is 6.17. The summed E-state index contributed by atoms with van der Waals surface area (Å²) in [7, 11) is -2.57. The van der Waals surface area contributed by atoms with Gasteiger partial charge in [0.25, 0.3) is 0 Å². The molecule has 4 heterocycles. The average Bonchev–Trinajstić information content (AvgIpc) is 3.22. The second-order valence-corrected chi connectivity index (χ2v) is 7.15. The molecule has 0 saturated carbocycles. The summed E-state index contributed by atoms with van der Waals surface area (Å²) in [6.07, 6.45) is 4.58. The normalized spacial score (nSPS) is 12.8. The second-order valence-electron chi connectivity index (χ2n) is 6.89. The van der Waals surface area contributed by atoms with Crippen molar-refractivity contribution in [3.63, 3.8) is 0 Å². The molecule has 0 aliphatic heterocycles. The lowest BCUT2D eigenvalue weighted by Crippen LogP contribution is -2.04. The Morgan fingerprint density at radius 3 is 2.56 bits per heavy atom. The Kier molecular flexibility index (Phi) is 4.28. The Morgan fingerprint density at radius 2 is 1.84 bits per heavy atom. The van der Waals surface area contributed by atoms with Crippen molar-refractivity contribution in [3.05, 3.63) is 72.7 Å². The monoisotopic (exact) mass is 446 g/mol. The molecule has 4 aromatic heterocycles. The maximum atomic E-state index is 7.22. The van der Waals surface area contributed by atoms with E-state index in [9.17, 15) is 0 Å². The molecular formula is C23H18ClN7O. The maximum absolute atomic E-state index is 7.22. The fourth-order valence-electron chi connectivity index (χ4n) is 3.37. The number of aromatic nitrogens is 6. The minimum Gasteiger partial charge on any atom is -0.481 e. The molecule has 0 saturated heterocycles. The van der Waals surface area contributed by atoms with E-state index in [1.807, 2.05) is 34.9 Å². The van der Waals surface area contributed by atoms with E-state index in [4.69, 9.17) is 36.2 Å². The molecule has 0 atom stereocenters. The quantitative estimate of drug-likeness (QED) is 0.402. The summed E-state index contributed by atoms with van der Waals surface area (Å²) in [5, 5.41) is 0. The van der Waals surface area contributed by atoms with Gasteiger partial charge in [0.2, 0.25) is 5.88 Å². The van der Waals surface area contributed by atoms with E-state index in [0.717, 1.165) is 11.3 Å². The third kappa shape index (κ3) is 3.50. The van der Waals surface area contributed by atoms with Gasteiger partial charge in [0.15, 0.2) is 17.3 Å². The Morgan fingerprint density at radius 1 is 1.00 bits per heavy atom. The van der Waals surface area contributed by atoms with Crippen molar-refractivity contribution in [1.29, 1.82) is 0 Å². The molecule has 5 rings (SSSR count). The number of nitrogens with two attached hydrogens (primary N) is 1. The molecule has 9 heteroatoms. The number of ether oxygens (including phenoxy) is 1. The van der Waals surface area contributed by atoms with Gasteiger partial charge in [-0.25, -0.2) is 24.9 Å². The van der Waals surface area contributed by atoms with Crippen LogP contribution >= 0.6 is 11.6 Å².